The van der Waals surface area contributed by atoms with Gasteiger partial charge in [0.05, 0.1) is 11.3 Å². The first-order valence-corrected chi connectivity index (χ1v) is 16.1. The Labute approximate surface area is 254 Å². The smallest absolute Gasteiger partial charge is 0.257 e. The molecule has 224 valence electrons. The van der Waals surface area contributed by atoms with E-state index in [2.05, 4.69) is 35.0 Å². The molecular formula is C36H42FN5O. The third-order valence-corrected chi connectivity index (χ3v) is 9.36. The van der Waals surface area contributed by atoms with Crippen LogP contribution in [0.3, 0.4) is 0 Å². The number of benzene rings is 1. The Kier molecular flexibility index (Phi) is 9.25. The van der Waals surface area contributed by atoms with Gasteiger partial charge in [0.1, 0.15) is 5.82 Å². The maximum absolute atomic E-state index is 15.2. The van der Waals surface area contributed by atoms with Crippen molar-refractivity contribution < 1.29 is 9.18 Å². The van der Waals surface area contributed by atoms with Gasteiger partial charge in [0.2, 0.25) is 5.95 Å². The lowest BCUT2D eigenvalue weighted by Gasteiger charge is -2.41. The summed E-state index contributed by atoms with van der Waals surface area (Å²) >= 11 is 0. The molecule has 2 atom stereocenters. The molecule has 1 aromatic carbocycles. The molecule has 3 aliphatic rings. The van der Waals surface area contributed by atoms with E-state index in [0.29, 0.717) is 35.2 Å². The maximum Gasteiger partial charge on any atom is 0.257 e. The number of amides is 1. The number of rotatable bonds is 10. The number of nitrogens with zero attached hydrogens (tertiary/aromatic N) is 5. The summed E-state index contributed by atoms with van der Waals surface area (Å²) in [6.45, 7) is 4.58. The zero-order chi connectivity index (χ0) is 29.6. The first-order valence-electron chi connectivity index (χ1n) is 16.1. The van der Waals surface area contributed by atoms with Crippen LogP contribution >= 0.6 is 0 Å². The lowest BCUT2D eigenvalue weighted by molar-refractivity contribution is 0.0746. The number of allylic oxidation sites excluding steroid dienone is 3. The highest BCUT2D eigenvalue weighted by Gasteiger charge is 2.36. The molecule has 1 amide bonds. The summed E-state index contributed by atoms with van der Waals surface area (Å²) in [5.74, 6) is 1.56. The van der Waals surface area contributed by atoms with E-state index in [1.807, 2.05) is 29.4 Å². The third kappa shape index (κ3) is 6.87. The van der Waals surface area contributed by atoms with E-state index < -0.39 is 0 Å². The van der Waals surface area contributed by atoms with Crippen molar-refractivity contribution in [2.24, 2.45) is 11.8 Å². The van der Waals surface area contributed by atoms with Gasteiger partial charge in [-0.05, 0) is 85.8 Å². The molecule has 0 N–H and O–H groups in total. The van der Waals surface area contributed by atoms with Crippen LogP contribution in [0, 0.1) is 17.7 Å². The van der Waals surface area contributed by atoms with Crippen LogP contribution in [-0.2, 0) is 0 Å². The molecule has 3 heterocycles. The monoisotopic (exact) mass is 579 g/mol. The van der Waals surface area contributed by atoms with Crippen molar-refractivity contribution in [1.29, 1.82) is 0 Å². The van der Waals surface area contributed by atoms with E-state index in [1.165, 1.54) is 42.9 Å². The predicted octanol–water partition coefficient (Wildman–Crippen LogP) is 7.74. The van der Waals surface area contributed by atoms with Crippen molar-refractivity contribution in [2.45, 2.75) is 70.8 Å². The molecule has 2 aliphatic carbocycles. The number of piperidine rings is 1. The van der Waals surface area contributed by atoms with E-state index in [-0.39, 0.29) is 17.8 Å². The van der Waals surface area contributed by atoms with Crippen molar-refractivity contribution in [3.63, 3.8) is 0 Å². The lowest BCUT2D eigenvalue weighted by atomic mass is 9.75. The van der Waals surface area contributed by atoms with Crippen molar-refractivity contribution in [3.05, 3.63) is 90.2 Å². The van der Waals surface area contributed by atoms with E-state index in [4.69, 9.17) is 9.97 Å². The summed E-state index contributed by atoms with van der Waals surface area (Å²) in [5, 5.41) is 0. The summed E-state index contributed by atoms with van der Waals surface area (Å²) < 4.78 is 15.2. The molecule has 2 unspecified atom stereocenters. The molecule has 3 aromatic rings. The minimum absolute atomic E-state index is 0.117. The molecule has 1 saturated heterocycles. The molecule has 2 saturated carbocycles. The fourth-order valence-corrected chi connectivity index (χ4v) is 6.79. The molecule has 1 aliphatic heterocycles. The fourth-order valence-electron chi connectivity index (χ4n) is 6.79. The molecular weight excluding hydrogens is 537 g/mol. The van der Waals surface area contributed by atoms with E-state index in [0.717, 1.165) is 51.1 Å². The minimum Gasteiger partial charge on any atom is -0.341 e. The molecule has 0 radical (unpaired) electrons. The summed E-state index contributed by atoms with van der Waals surface area (Å²) in [5.41, 5.74) is 3.54. The van der Waals surface area contributed by atoms with Crippen molar-refractivity contribution in [1.82, 2.24) is 19.9 Å². The molecule has 7 heteroatoms. The summed E-state index contributed by atoms with van der Waals surface area (Å²) in [4.78, 5) is 32.0. The average molecular weight is 580 g/mol. The van der Waals surface area contributed by atoms with E-state index in [1.54, 1.807) is 24.4 Å². The van der Waals surface area contributed by atoms with Crippen LogP contribution in [0.15, 0.2) is 73.2 Å². The molecule has 6 rings (SSSR count). The van der Waals surface area contributed by atoms with Gasteiger partial charge in [-0.15, -0.1) is 0 Å². The van der Waals surface area contributed by atoms with Gasteiger partial charge in [-0.1, -0.05) is 56.5 Å². The van der Waals surface area contributed by atoms with Gasteiger partial charge in [0.15, 0.2) is 0 Å². The Balaban J connectivity index is 1.22. The summed E-state index contributed by atoms with van der Waals surface area (Å²) in [7, 11) is 0. The quantitative estimate of drug-likeness (QED) is 0.230. The van der Waals surface area contributed by atoms with Crippen LogP contribution in [0.1, 0.15) is 80.6 Å². The second-order valence-electron chi connectivity index (χ2n) is 12.2. The van der Waals surface area contributed by atoms with Gasteiger partial charge in [0.25, 0.3) is 5.91 Å². The first-order chi connectivity index (χ1) is 21.1. The SMILES string of the molecule is CC/C(=C\C=C/CCN(C(=O)c1cnc(N2CCC3CCCCC3C2)nc1-c1ccccc1F)C1CC1)c1ccncc1. The van der Waals surface area contributed by atoms with Crippen LogP contribution in [-0.4, -0.2) is 51.4 Å². The molecule has 6 nitrogen and oxygen atoms in total. The van der Waals surface area contributed by atoms with Crippen molar-refractivity contribution in [3.8, 4) is 11.3 Å². The topological polar surface area (TPSA) is 62.2 Å². The fraction of sp³-hybridized carbons (Fsp3) is 0.444. The van der Waals surface area contributed by atoms with Gasteiger partial charge in [0, 0.05) is 49.8 Å². The Morgan fingerprint density at radius 3 is 2.60 bits per heavy atom. The van der Waals surface area contributed by atoms with Crippen LogP contribution in [0.4, 0.5) is 10.3 Å². The van der Waals surface area contributed by atoms with Crippen molar-refractivity contribution >= 4 is 17.4 Å². The second kappa shape index (κ2) is 13.6. The Morgan fingerprint density at radius 2 is 1.84 bits per heavy atom. The number of carbonyl (C=O) groups excluding carboxylic acids is 1. The largest absolute Gasteiger partial charge is 0.341 e. The predicted molar refractivity (Wildman–Crippen MR) is 170 cm³/mol. The van der Waals surface area contributed by atoms with Gasteiger partial charge >= 0.3 is 0 Å². The number of fused-ring (bicyclic) bond motifs is 1. The Hall–Kier alpha value is -3.87. The van der Waals surface area contributed by atoms with Crippen molar-refractivity contribution in [2.75, 3.05) is 24.5 Å². The molecule has 43 heavy (non-hydrogen) atoms. The summed E-state index contributed by atoms with van der Waals surface area (Å²) in [6, 6.07) is 10.9. The number of hydrogen-bond acceptors (Lipinski definition) is 5. The molecule has 0 spiro atoms. The number of anilines is 1. The Bertz CT molecular complexity index is 1470. The van der Waals surface area contributed by atoms with Gasteiger partial charge in [-0.3, -0.25) is 9.78 Å². The van der Waals surface area contributed by atoms with Crippen LogP contribution in [0.5, 0.6) is 0 Å². The maximum atomic E-state index is 15.2. The van der Waals surface area contributed by atoms with Crippen LogP contribution in [0.2, 0.25) is 0 Å². The van der Waals surface area contributed by atoms with E-state index >= 15 is 4.39 Å². The lowest BCUT2D eigenvalue weighted by Crippen LogP contribution is -2.42. The standard InChI is InChI=1S/C36H42FN5O/c1-2-26(28-17-20-38-21-18-28)10-4-3-9-22-42(30-15-16-30)35(43)32-24-39-36(40-34(32)31-13-7-8-14-33(31)37)41-23-19-27-11-5-6-12-29(27)25-41/h3-4,7-8,10,13-14,17-18,20-21,24,27,29-30H,2,5-6,9,11-12,15-16,19,22-23,25H2,1H3/b4-3-,26-10+. The highest BCUT2D eigenvalue weighted by molar-refractivity contribution is 6.00. The highest BCUT2D eigenvalue weighted by atomic mass is 19.1. The number of aromatic nitrogens is 3. The van der Waals surface area contributed by atoms with E-state index in [9.17, 15) is 4.79 Å². The summed E-state index contributed by atoms with van der Waals surface area (Å²) in [6.07, 6.45) is 21.6. The Morgan fingerprint density at radius 1 is 1.05 bits per heavy atom. The normalized spacial score (nSPS) is 20.7. The van der Waals surface area contributed by atoms with Gasteiger partial charge in [-0.2, -0.15) is 0 Å². The minimum atomic E-state index is -0.374. The highest BCUT2D eigenvalue weighted by Crippen LogP contribution is 2.38. The van der Waals surface area contributed by atoms with Crippen LogP contribution in [0.25, 0.3) is 16.8 Å². The van der Waals surface area contributed by atoms with Crippen LogP contribution < -0.4 is 4.90 Å². The molecule has 0 bridgehead atoms. The third-order valence-electron chi connectivity index (χ3n) is 9.36. The first kappa shape index (κ1) is 29.2. The average Bonchev–Trinajstić information content (AvgIpc) is 3.90. The van der Waals surface area contributed by atoms with Gasteiger partial charge < -0.3 is 9.80 Å². The molecule has 2 aromatic heterocycles. The number of pyridine rings is 1. The number of carbonyl (C=O) groups is 1. The van der Waals surface area contributed by atoms with Gasteiger partial charge in [-0.25, -0.2) is 14.4 Å². The number of halogens is 1. The number of hydrogen-bond donors (Lipinski definition) is 0. The zero-order valence-electron chi connectivity index (χ0n) is 25.2. The zero-order valence-corrected chi connectivity index (χ0v) is 25.2. The second-order valence-corrected chi connectivity index (χ2v) is 12.2. The molecule has 3 fully saturated rings.